The van der Waals surface area contributed by atoms with Gasteiger partial charge in [0.05, 0.1) is 26.2 Å². The second kappa shape index (κ2) is 7.96. The zero-order valence-electron chi connectivity index (χ0n) is 15.8. The van der Waals surface area contributed by atoms with Crippen molar-refractivity contribution in [2.45, 2.75) is 62.4 Å². The van der Waals surface area contributed by atoms with Crippen LogP contribution >= 0.6 is 11.3 Å². The predicted octanol–water partition coefficient (Wildman–Crippen LogP) is 0.815. The molecule has 2 aliphatic heterocycles. The Morgan fingerprint density at radius 3 is 2.38 bits per heavy atom. The molecule has 0 radical (unpaired) electrons. The Morgan fingerprint density at radius 1 is 1.23 bits per heavy atom. The molecule has 2 fully saturated rings. The van der Waals surface area contributed by atoms with Crippen LogP contribution in [0.5, 0.6) is 0 Å². The van der Waals surface area contributed by atoms with Crippen LogP contribution in [0.3, 0.4) is 0 Å². The van der Waals surface area contributed by atoms with Gasteiger partial charge in [0, 0.05) is 12.1 Å². The van der Waals surface area contributed by atoms with Crippen LogP contribution in [0.1, 0.15) is 40.0 Å². The molecule has 1 aromatic rings. The summed E-state index contributed by atoms with van der Waals surface area (Å²) >= 11 is 1.26. The Hall–Kier alpha value is -0.960. The maximum atomic E-state index is 13.1. The average molecular weight is 401 g/mol. The van der Waals surface area contributed by atoms with Crippen LogP contribution in [-0.4, -0.2) is 67.8 Å². The summed E-state index contributed by atoms with van der Waals surface area (Å²) in [6.07, 6.45) is 3.34. The van der Waals surface area contributed by atoms with Crippen LogP contribution in [0.15, 0.2) is 21.7 Å². The van der Waals surface area contributed by atoms with Gasteiger partial charge in [0.25, 0.3) is 15.9 Å². The molecule has 0 saturated carbocycles. The highest BCUT2D eigenvalue weighted by Crippen LogP contribution is 2.23. The number of piperidine rings is 1. The van der Waals surface area contributed by atoms with Gasteiger partial charge in [-0.25, -0.2) is 8.42 Å². The van der Waals surface area contributed by atoms with Gasteiger partial charge in [0.1, 0.15) is 4.21 Å². The van der Waals surface area contributed by atoms with E-state index in [9.17, 15) is 13.2 Å². The molecule has 8 heteroatoms. The smallest absolute Gasteiger partial charge is 0.281 e. The van der Waals surface area contributed by atoms with Crippen LogP contribution in [0.4, 0.5) is 0 Å². The third-order valence-electron chi connectivity index (χ3n) is 5.88. The molecule has 0 aromatic carbocycles. The van der Waals surface area contributed by atoms with Gasteiger partial charge in [-0.15, -0.1) is 11.3 Å². The second-order valence-corrected chi connectivity index (χ2v) is 10.7. The fourth-order valence-corrected chi connectivity index (χ4v) is 6.82. The normalized spacial score (nSPS) is 27.4. The summed E-state index contributed by atoms with van der Waals surface area (Å²) in [6, 6.07) is 3.90. The highest BCUT2D eigenvalue weighted by atomic mass is 32.2. The largest absolute Gasteiger partial charge is 0.332 e. The highest BCUT2D eigenvalue weighted by molar-refractivity contribution is 7.91. The van der Waals surface area contributed by atoms with Crippen LogP contribution in [0.2, 0.25) is 0 Å². The molecule has 1 N–H and O–H groups in total. The maximum Gasteiger partial charge on any atom is 0.281 e. The van der Waals surface area contributed by atoms with E-state index in [1.54, 1.807) is 21.8 Å². The fourth-order valence-electron chi connectivity index (χ4n) is 4.24. The molecule has 3 rings (SSSR count). The van der Waals surface area contributed by atoms with Gasteiger partial charge in [-0.1, -0.05) is 6.07 Å². The lowest BCUT2D eigenvalue weighted by atomic mass is 9.96. The van der Waals surface area contributed by atoms with E-state index in [1.807, 2.05) is 6.92 Å². The van der Waals surface area contributed by atoms with E-state index in [4.69, 9.17) is 0 Å². The third-order valence-corrected chi connectivity index (χ3v) is 9.16. The number of hydrogen-bond acceptors (Lipinski definition) is 4. The van der Waals surface area contributed by atoms with E-state index in [2.05, 4.69) is 18.7 Å². The quantitative estimate of drug-likeness (QED) is 0.814. The van der Waals surface area contributed by atoms with Crippen LogP contribution < -0.4 is 4.90 Å². The number of quaternary nitrogens is 1. The zero-order chi connectivity index (χ0) is 18.9. The SMILES string of the molecule is C[C@@H]1CCC[C@H](C)N1C(=O)[C@@H](C)[NH+]1CCN(S(=O)(=O)c2cccs2)CC1. The first-order chi connectivity index (χ1) is 12.3. The van der Waals surface area contributed by atoms with Crippen molar-refractivity contribution in [2.24, 2.45) is 0 Å². The molecule has 0 bridgehead atoms. The van der Waals surface area contributed by atoms with Crippen molar-refractivity contribution in [1.82, 2.24) is 9.21 Å². The number of hydrogen-bond donors (Lipinski definition) is 1. The van der Waals surface area contributed by atoms with Gasteiger partial charge in [-0.3, -0.25) is 4.79 Å². The molecular formula is C18H30N3O3S2+. The van der Waals surface area contributed by atoms with Gasteiger partial charge in [0.15, 0.2) is 6.04 Å². The van der Waals surface area contributed by atoms with E-state index in [0.29, 0.717) is 42.5 Å². The average Bonchev–Trinajstić information content (AvgIpc) is 3.16. The minimum absolute atomic E-state index is 0.121. The van der Waals surface area contributed by atoms with E-state index in [0.717, 1.165) is 12.8 Å². The molecule has 26 heavy (non-hydrogen) atoms. The molecule has 0 unspecified atom stereocenters. The van der Waals surface area contributed by atoms with Gasteiger partial charge >= 0.3 is 0 Å². The number of sulfonamides is 1. The molecule has 1 amide bonds. The molecule has 3 atom stereocenters. The Balaban J connectivity index is 1.61. The summed E-state index contributed by atoms with van der Waals surface area (Å²) in [4.78, 5) is 16.3. The number of piperazine rings is 1. The Kier molecular flexibility index (Phi) is 6.06. The maximum absolute atomic E-state index is 13.1. The summed E-state index contributed by atoms with van der Waals surface area (Å²) in [7, 11) is -3.38. The summed E-state index contributed by atoms with van der Waals surface area (Å²) in [5, 5.41) is 1.79. The number of carbonyl (C=O) groups excluding carboxylic acids is 1. The Bertz CT molecular complexity index is 702. The summed E-state index contributed by atoms with van der Waals surface area (Å²) in [6.45, 7) is 8.57. The van der Waals surface area contributed by atoms with Gasteiger partial charge in [-0.2, -0.15) is 4.31 Å². The molecule has 6 nitrogen and oxygen atoms in total. The van der Waals surface area contributed by atoms with E-state index < -0.39 is 10.0 Å². The number of nitrogens with one attached hydrogen (secondary N) is 1. The number of rotatable bonds is 4. The van der Waals surface area contributed by atoms with Crippen LogP contribution in [0, 0.1) is 0 Å². The lowest BCUT2D eigenvalue weighted by Gasteiger charge is -2.42. The monoisotopic (exact) mass is 400 g/mol. The van der Waals surface area contributed by atoms with Crippen molar-refractivity contribution < 1.29 is 18.1 Å². The number of likely N-dealkylation sites (tertiary alicyclic amines) is 1. The summed E-state index contributed by atoms with van der Waals surface area (Å²) in [5.74, 6) is 0.217. The molecule has 2 saturated heterocycles. The lowest BCUT2D eigenvalue weighted by Crippen LogP contribution is -3.19. The van der Waals surface area contributed by atoms with E-state index >= 15 is 0 Å². The fraction of sp³-hybridized carbons (Fsp3) is 0.722. The number of thiophene rings is 1. The summed E-state index contributed by atoms with van der Waals surface area (Å²) in [5.41, 5.74) is 0. The van der Waals surface area contributed by atoms with E-state index in [-0.39, 0.29) is 11.9 Å². The van der Waals surface area contributed by atoms with E-state index in [1.165, 1.54) is 22.7 Å². The molecule has 0 spiro atoms. The number of amides is 1. The lowest BCUT2D eigenvalue weighted by molar-refractivity contribution is -0.918. The minimum Gasteiger partial charge on any atom is -0.332 e. The number of nitrogens with zero attached hydrogens (tertiary/aromatic N) is 2. The molecule has 3 heterocycles. The molecule has 0 aliphatic carbocycles. The first-order valence-corrected chi connectivity index (χ1v) is 11.8. The first kappa shape index (κ1) is 19.8. The number of carbonyl (C=O) groups is 1. The van der Waals surface area contributed by atoms with Crippen molar-refractivity contribution in [3.8, 4) is 0 Å². The van der Waals surface area contributed by atoms with Gasteiger partial charge in [0.2, 0.25) is 0 Å². The zero-order valence-corrected chi connectivity index (χ0v) is 17.5. The molecule has 2 aliphatic rings. The molecule has 146 valence electrons. The van der Waals surface area contributed by atoms with Crippen molar-refractivity contribution in [3.63, 3.8) is 0 Å². The second-order valence-electron chi connectivity index (χ2n) is 7.59. The highest BCUT2D eigenvalue weighted by Gasteiger charge is 2.39. The van der Waals surface area contributed by atoms with Gasteiger partial charge in [-0.05, 0) is 51.5 Å². The topological polar surface area (TPSA) is 62.1 Å². The first-order valence-electron chi connectivity index (χ1n) is 9.52. The third kappa shape index (κ3) is 3.83. The molecule has 1 aromatic heterocycles. The van der Waals surface area contributed by atoms with Crippen molar-refractivity contribution >= 4 is 27.3 Å². The van der Waals surface area contributed by atoms with Crippen LogP contribution in [-0.2, 0) is 14.8 Å². The Morgan fingerprint density at radius 2 is 1.85 bits per heavy atom. The summed E-state index contributed by atoms with van der Waals surface area (Å²) < 4.78 is 27.3. The van der Waals surface area contributed by atoms with Crippen molar-refractivity contribution in [2.75, 3.05) is 26.2 Å². The van der Waals surface area contributed by atoms with Crippen molar-refractivity contribution in [1.29, 1.82) is 0 Å². The van der Waals surface area contributed by atoms with Crippen LogP contribution in [0.25, 0.3) is 0 Å². The minimum atomic E-state index is -3.38. The van der Waals surface area contributed by atoms with Gasteiger partial charge < -0.3 is 9.80 Å². The standard InChI is InChI=1S/C18H29N3O3S2/c1-14-6-4-7-15(2)21(14)18(22)16(3)19-9-11-20(12-10-19)26(23,24)17-8-5-13-25-17/h5,8,13-16H,4,6-7,9-12H2,1-3H3/p+1/t14-,15+,16-/m1/s1. The predicted molar refractivity (Wildman–Crippen MR) is 103 cm³/mol. The molecular weight excluding hydrogens is 370 g/mol. The van der Waals surface area contributed by atoms with Crippen molar-refractivity contribution in [3.05, 3.63) is 17.5 Å². The Labute approximate surface area is 160 Å².